The first-order valence-electron chi connectivity index (χ1n) is 6.56. The average Bonchev–Trinajstić information content (AvgIpc) is 2.36. The van der Waals surface area contributed by atoms with Gasteiger partial charge in [0.25, 0.3) is 0 Å². The highest BCUT2D eigenvalue weighted by molar-refractivity contribution is 5.29. The number of ether oxygens (including phenoxy) is 1. The summed E-state index contributed by atoms with van der Waals surface area (Å²) in [5.74, 6) is 0.0757. The number of hydrogen-bond acceptors (Lipinski definition) is 3. The molecule has 0 aromatic heterocycles. The van der Waals surface area contributed by atoms with E-state index in [2.05, 4.69) is 17.1 Å². The van der Waals surface area contributed by atoms with Crippen LogP contribution in [0, 0.1) is 5.82 Å². The number of piperazine rings is 1. The van der Waals surface area contributed by atoms with Crippen LogP contribution in [0.4, 0.5) is 4.39 Å². The van der Waals surface area contributed by atoms with Gasteiger partial charge >= 0.3 is 0 Å². The molecule has 1 N–H and O–H groups in total. The van der Waals surface area contributed by atoms with Crippen molar-refractivity contribution >= 4 is 0 Å². The third-order valence-corrected chi connectivity index (χ3v) is 3.32. The normalized spacial score (nSPS) is 20.9. The summed E-state index contributed by atoms with van der Waals surface area (Å²) < 4.78 is 18.9. The molecule has 2 rings (SSSR count). The van der Waals surface area contributed by atoms with Crippen LogP contribution in [0.3, 0.4) is 0 Å². The van der Waals surface area contributed by atoms with Gasteiger partial charge in [-0.05, 0) is 31.5 Å². The molecule has 0 radical (unpaired) electrons. The second kappa shape index (κ2) is 6.16. The van der Waals surface area contributed by atoms with E-state index in [4.69, 9.17) is 4.74 Å². The van der Waals surface area contributed by atoms with Crippen molar-refractivity contribution in [1.82, 2.24) is 10.2 Å². The molecule has 1 aliphatic heterocycles. The van der Waals surface area contributed by atoms with E-state index >= 15 is 0 Å². The average molecular weight is 252 g/mol. The van der Waals surface area contributed by atoms with Crippen molar-refractivity contribution in [3.05, 3.63) is 29.6 Å². The molecule has 1 aliphatic rings. The Hall–Kier alpha value is -1.13. The Labute approximate surface area is 108 Å². The van der Waals surface area contributed by atoms with Crippen LogP contribution in [0.25, 0.3) is 0 Å². The predicted molar refractivity (Wildman–Crippen MR) is 70.3 cm³/mol. The third-order valence-electron chi connectivity index (χ3n) is 3.32. The number of nitrogens with one attached hydrogen (secondary N) is 1. The molecule has 18 heavy (non-hydrogen) atoms. The molecule has 1 atom stereocenters. The van der Waals surface area contributed by atoms with E-state index in [9.17, 15) is 4.39 Å². The molecule has 4 heteroatoms. The van der Waals surface area contributed by atoms with Gasteiger partial charge in [-0.15, -0.1) is 0 Å². The Kier molecular flexibility index (Phi) is 4.55. The van der Waals surface area contributed by atoms with Gasteiger partial charge in [-0.2, -0.15) is 0 Å². The lowest BCUT2D eigenvalue weighted by Gasteiger charge is -2.33. The molecule has 1 aromatic rings. The number of halogens is 1. The van der Waals surface area contributed by atoms with Gasteiger partial charge in [0.1, 0.15) is 0 Å². The summed E-state index contributed by atoms with van der Waals surface area (Å²) in [7, 11) is 0. The number of benzene rings is 1. The van der Waals surface area contributed by atoms with E-state index in [1.807, 2.05) is 13.0 Å². The fourth-order valence-electron chi connectivity index (χ4n) is 2.27. The molecule has 1 saturated heterocycles. The zero-order valence-corrected chi connectivity index (χ0v) is 11.1. The van der Waals surface area contributed by atoms with E-state index in [0.29, 0.717) is 18.4 Å². The molecule has 0 bridgehead atoms. The third kappa shape index (κ3) is 3.21. The first-order valence-corrected chi connectivity index (χ1v) is 6.56. The Balaban J connectivity index is 2.02. The monoisotopic (exact) mass is 252 g/mol. The smallest absolute Gasteiger partial charge is 0.165 e. The molecule has 100 valence electrons. The van der Waals surface area contributed by atoms with Crippen LogP contribution in [0.15, 0.2) is 18.2 Å². The highest BCUT2D eigenvalue weighted by atomic mass is 19.1. The Bertz CT molecular complexity index is 397. The molecule has 0 saturated carbocycles. The van der Waals surface area contributed by atoms with Gasteiger partial charge in [0.2, 0.25) is 0 Å². The molecule has 0 unspecified atom stereocenters. The summed E-state index contributed by atoms with van der Waals surface area (Å²) in [6.07, 6.45) is 0. The van der Waals surface area contributed by atoms with Crippen LogP contribution in [0.2, 0.25) is 0 Å². The van der Waals surface area contributed by atoms with Crippen molar-refractivity contribution in [2.75, 3.05) is 26.2 Å². The van der Waals surface area contributed by atoms with Crippen LogP contribution in [0.1, 0.15) is 19.4 Å². The Morgan fingerprint density at radius 2 is 2.33 bits per heavy atom. The Morgan fingerprint density at radius 1 is 1.50 bits per heavy atom. The lowest BCUT2D eigenvalue weighted by Crippen LogP contribution is -2.49. The SMILES string of the molecule is CCOc1ccc(CN2CCNC[C@@H]2C)cc1F. The molecular formula is C14H21FN2O. The van der Waals surface area contributed by atoms with E-state index < -0.39 is 0 Å². The predicted octanol–water partition coefficient (Wildman–Crippen LogP) is 2.02. The summed E-state index contributed by atoms with van der Waals surface area (Å²) in [5, 5.41) is 3.35. The zero-order chi connectivity index (χ0) is 13.0. The quantitative estimate of drug-likeness (QED) is 0.887. The number of nitrogens with zero attached hydrogens (tertiary/aromatic N) is 1. The fourth-order valence-corrected chi connectivity index (χ4v) is 2.27. The van der Waals surface area contributed by atoms with Crippen molar-refractivity contribution in [3.63, 3.8) is 0 Å². The van der Waals surface area contributed by atoms with Gasteiger partial charge in [0, 0.05) is 32.2 Å². The molecular weight excluding hydrogens is 231 g/mol. The first kappa shape index (κ1) is 13.3. The molecule has 0 spiro atoms. The minimum absolute atomic E-state index is 0.267. The topological polar surface area (TPSA) is 24.5 Å². The molecule has 1 heterocycles. The maximum Gasteiger partial charge on any atom is 0.165 e. The van der Waals surface area contributed by atoms with E-state index in [0.717, 1.165) is 31.7 Å². The summed E-state index contributed by atoms with van der Waals surface area (Å²) in [6, 6.07) is 5.75. The van der Waals surface area contributed by atoms with E-state index in [1.54, 1.807) is 12.1 Å². The molecule has 3 nitrogen and oxygen atoms in total. The molecule has 1 aromatic carbocycles. The van der Waals surface area contributed by atoms with Gasteiger partial charge in [-0.25, -0.2) is 4.39 Å². The maximum absolute atomic E-state index is 13.7. The molecule has 1 fully saturated rings. The zero-order valence-electron chi connectivity index (χ0n) is 11.1. The van der Waals surface area contributed by atoms with Crippen molar-refractivity contribution in [3.8, 4) is 5.75 Å². The summed E-state index contributed by atoms with van der Waals surface area (Å²) >= 11 is 0. The van der Waals surface area contributed by atoms with Crippen molar-refractivity contribution in [1.29, 1.82) is 0 Å². The van der Waals surface area contributed by atoms with Gasteiger partial charge in [0.05, 0.1) is 6.61 Å². The number of hydrogen-bond donors (Lipinski definition) is 1. The number of rotatable bonds is 4. The standard InChI is InChI=1S/C14H21FN2O/c1-3-18-14-5-4-12(8-13(14)15)10-17-7-6-16-9-11(17)2/h4-5,8,11,16H,3,6-7,9-10H2,1-2H3/t11-/m0/s1. The summed E-state index contributed by atoms with van der Waals surface area (Å²) in [4.78, 5) is 2.37. The van der Waals surface area contributed by atoms with Gasteiger partial charge < -0.3 is 10.1 Å². The van der Waals surface area contributed by atoms with Crippen LogP contribution in [-0.4, -0.2) is 37.2 Å². The van der Waals surface area contributed by atoms with E-state index in [-0.39, 0.29) is 5.82 Å². The lowest BCUT2D eigenvalue weighted by atomic mass is 10.1. The first-order chi connectivity index (χ1) is 8.70. The van der Waals surface area contributed by atoms with Crippen LogP contribution >= 0.6 is 0 Å². The van der Waals surface area contributed by atoms with Crippen LogP contribution in [-0.2, 0) is 6.54 Å². The molecule has 0 aliphatic carbocycles. The molecule has 0 amide bonds. The van der Waals surface area contributed by atoms with Crippen LogP contribution < -0.4 is 10.1 Å². The van der Waals surface area contributed by atoms with Gasteiger partial charge in [0.15, 0.2) is 11.6 Å². The van der Waals surface area contributed by atoms with Crippen LogP contribution in [0.5, 0.6) is 5.75 Å². The van der Waals surface area contributed by atoms with E-state index in [1.165, 1.54) is 0 Å². The second-order valence-electron chi connectivity index (χ2n) is 4.72. The van der Waals surface area contributed by atoms with Crippen molar-refractivity contribution in [2.45, 2.75) is 26.4 Å². The van der Waals surface area contributed by atoms with Crippen molar-refractivity contribution in [2.24, 2.45) is 0 Å². The minimum atomic E-state index is -0.267. The maximum atomic E-state index is 13.7. The minimum Gasteiger partial charge on any atom is -0.491 e. The largest absolute Gasteiger partial charge is 0.491 e. The lowest BCUT2D eigenvalue weighted by molar-refractivity contribution is 0.165. The highest BCUT2D eigenvalue weighted by Gasteiger charge is 2.18. The van der Waals surface area contributed by atoms with Gasteiger partial charge in [-0.3, -0.25) is 4.90 Å². The van der Waals surface area contributed by atoms with Gasteiger partial charge in [-0.1, -0.05) is 6.07 Å². The highest BCUT2D eigenvalue weighted by Crippen LogP contribution is 2.20. The summed E-state index contributed by atoms with van der Waals surface area (Å²) in [6.45, 7) is 8.35. The second-order valence-corrected chi connectivity index (χ2v) is 4.72. The van der Waals surface area contributed by atoms with Crippen molar-refractivity contribution < 1.29 is 9.13 Å². The summed E-state index contributed by atoms with van der Waals surface area (Å²) in [5.41, 5.74) is 1.00. The Morgan fingerprint density at radius 3 is 3.00 bits per heavy atom. The fraction of sp³-hybridized carbons (Fsp3) is 0.571.